The summed E-state index contributed by atoms with van der Waals surface area (Å²) in [4.78, 5) is 12.2. The molecule has 2 aliphatic heterocycles. The maximum Gasteiger partial charge on any atom is 0.160 e. The van der Waals surface area contributed by atoms with Crippen molar-refractivity contribution in [1.82, 2.24) is 9.88 Å². The molecule has 0 unspecified atom stereocenters. The maximum absolute atomic E-state index is 5.69. The third-order valence-electron chi connectivity index (χ3n) is 4.93. The van der Waals surface area contributed by atoms with Crippen molar-refractivity contribution in [2.75, 3.05) is 12.4 Å². The van der Waals surface area contributed by atoms with Crippen LogP contribution in [-0.2, 0) is 0 Å². The number of amidine groups is 1. The van der Waals surface area contributed by atoms with Gasteiger partial charge in [0.05, 0.1) is 22.8 Å². The molecule has 1 fully saturated rings. The van der Waals surface area contributed by atoms with E-state index in [2.05, 4.69) is 57.0 Å². The highest BCUT2D eigenvalue weighted by Gasteiger charge is 2.45. The monoisotopic (exact) mass is 431 g/mol. The molecule has 0 saturated carbocycles. The fraction of sp³-hybridized carbons (Fsp3) is 0.400. The van der Waals surface area contributed by atoms with E-state index < -0.39 is 0 Å². The van der Waals surface area contributed by atoms with Gasteiger partial charge in [0.15, 0.2) is 5.17 Å². The lowest BCUT2D eigenvalue weighted by atomic mass is 9.95. The SMILES string of the molecule is CCOc1ccc([C@@H]2[C@@H](c3ccccn3)N=C3SC[C@@H](CC)N32)cc1Br. The summed E-state index contributed by atoms with van der Waals surface area (Å²) in [6, 6.07) is 13.2. The molecule has 4 nitrogen and oxygen atoms in total. The quantitative estimate of drug-likeness (QED) is 0.649. The van der Waals surface area contributed by atoms with Crippen molar-refractivity contribution in [3.8, 4) is 5.75 Å². The van der Waals surface area contributed by atoms with Crippen LogP contribution in [0.4, 0.5) is 0 Å². The number of nitrogens with zero attached hydrogens (tertiary/aromatic N) is 3. The molecule has 0 radical (unpaired) electrons. The number of thioether (sulfide) groups is 1. The van der Waals surface area contributed by atoms with Crippen LogP contribution in [0.15, 0.2) is 52.1 Å². The third-order valence-corrected chi connectivity index (χ3v) is 6.67. The second-order valence-corrected chi connectivity index (χ2v) is 8.30. The number of hydrogen-bond acceptors (Lipinski definition) is 5. The van der Waals surface area contributed by atoms with E-state index in [-0.39, 0.29) is 12.1 Å². The van der Waals surface area contributed by atoms with E-state index in [1.165, 1.54) is 5.56 Å². The van der Waals surface area contributed by atoms with E-state index in [9.17, 15) is 0 Å². The van der Waals surface area contributed by atoms with Gasteiger partial charge in [-0.15, -0.1) is 0 Å². The lowest BCUT2D eigenvalue weighted by Crippen LogP contribution is -2.35. The summed E-state index contributed by atoms with van der Waals surface area (Å²) in [6.45, 7) is 4.92. The Labute approximate surface area is 167 Å². The van der Waals surface area contributed by atoms with Gasteiger partial charge in [0, 0.05) is 18.0 Å². The predicted octanol–water partition coefficient (Wildman–Crippen LogP) is 5.22. The van der Waals surface area contributed by atoms with Crippen LogP contribution >= 0.6 is 27.7 Å². The molecule has 2 aromatic rings. The number of aromatic nitrogens is 1. The first kappa shape index (κ1) is 17.9. The molecule has 3 atom stereocenters. The number of benzene rings is 1. The van der Waals surface area contributed by atoms with Crippen LogP contribution in [0.3, 0.4) is 0 Å². The van der Waals surface area contributed by atoms with E-state index in [0.29, 0.717) is 12.6 Å². The number of halogens is 1. The Morgan fingerprint density at radius 2 is 2.15 bits per heavy atom. The fourth-order valence-corrected chi connectivity index (χ4v) is 5.53. The Hall–Kier alpha value is -1.53. The highest BCUT2D eigenvalue weighted by molar-refractivity contribution is 9.10. The van der Waals surface area contributed by atoms with Crippen LogP contribution < -0.4 is 4.74 Å². The van der Waals surface area contributed by atoms with E-state index in [1.54, 1.807) is 0 Å². The van der Waals surface area contributed by atoms with Crippen molar-refractivity contribution in [3.05, 3.63) is 58.3 Å². The predicted molar refractivity (Wildman–Crippen MR) is 111 cm³/mol. The standard InChI is InChI=1S/C20H22BrN3OS/c1-3-14-12-26-20-23-18(16-7-5-6-10-22-16)19(24(14)20)13-8-9-17(25-4-2)15(21)11-13/h5-11,14,18-19H,3-4,12H2,1-2H3/t14-,18-,19-/m1/s1. The average Bonchev–Trinajstić information content (AvgIpc) is 3.23. The van der Waals surface area contributed by atoms with Gasteiger partial charge in [-0.1, -0.05) is 30.8 Å². The third kappa shape index (κ3) is 3.14. The largest absolute Gasteiger partial charge is 0.493 e. The molecule has 1 aromatic heterocycles. The van der Waals surface area contributed by atoms with Crippen LogP contribution in [0.5, 0.6) is 5.75 Å². The molecule has 2 aliphatic rings. The van der Waals surface area contributed by atoms with E-state index >= 15 is 0 Å². The summed E-state index contributed by atoms with van der Waals surface area (Å²) in [5, 5.41) is 1.16. The summed E-state index contributed by atoms with van der Waals surface area (Å²) >= 11 is 5.54. The van der Waals surface area contributed by atoms with Crippen LogP contribution in [0.2, 0.25) is 0 Å². The molecule has 136 valence electrons. The zero-order valence-corrected chi connectivity index (χ0v) is 17.3. The number of pyridine rings is 1. The molecular weight excluding hydrogens is 410 g/mol. The van der Waals surface area contributed by atoms with E-state index in [0.717, 1.165) is 33.3 Å². The van der Waals surface area contributed by atoms with Gasteiger partial charge in [-0.3, -0.25) is 9.98 Å². The Balaban J connectivity index is 1.76. The van der Waals surface area contributed by atoms with Crippen LogP contribution in [0.1, 0.15) is 43.6 Å². The second kappa shape index (κ2) is 7.61. The normalized spacial score (nSPS) is 24.5. The van der Waals surface area contributed by atoms with Crippen LogP contribution in [0, 0.1) is 0 Å². The minimum Gasteiger partial charge on any atom is -0.493 e. The summed E-state index contributed by atoms with van der Waals surface area (Å²) in [5.74, 6) is 1.99. The van der Waals surface area contributed by atoms with Gasteiger partial charge < -0.3 is 9.64 Å². The minimum absolute atomic E-state index is 0.0258. The molecule has 26 heavy (non-hydrogen) atoms. The Kier molecular flexibility index (Phi) is 5.23. The summed E-state index contributed by atoms with van der Waals surface area (Å²) in [6.07, 6.45) is 2.98. The lowest BCUT2D eigenvalue weighted by molar-refractivity contribution is 0.255. The van der Waals surface area contributed by atoms with Crippen LogP contribution in [-0.4, -0.2) is 33.5 Å². The van der Waals surface area contributed by atoms with E-state index in [4.69, 9.17) is 9.73 Å². The van der Waals surface area contributed by atoms with Gasteiger partial charge in [0.2, 0.25) is 0 Å². The van der Waals surface area contributed by atoms with Gasteiger partial charge in [0.25, 0.3) is 0 Å². The van der Waals surface area contributed by atoms with Gasteiger partial charge in [-0.05, 0) is 59.1 Å². The average molecular weight is 432 g/mol. The Morgan fingerprint density at radius 3 is 2.85 bits per heavy atom. The number of fused-ring (bicyclic) bond motifs is 1. The zero-order chi connectivity index (χ0) is 18.1. The molecule has 0 bridgehead atoms. The summed E-state index contributed by atoms with van der Waals surface area (Å²) < 4.78 is 6.68. The summed E-state index contributed by atoms with van der Waals surface area (Å²) in [7, 11) is 0. The van der Waals surface area contributed by atoms with Crippen molar-refractivity contribution < 1.29 is 4.74 Å². The van der Waals surface area contributed by atoms with Crippen molar-refractivity contribution in [3.63, 3.8) is 0 Å². The topological polar surface area (TPSA) is 37.7 Å². The molecule has 0 spiro atoms. The number of ether oxygens (including phenoxy) is 1. The minimum atomic E-state index is 0.0258. The van der Waals surface area contributed by atoms with Crippen LogP contribution in [0.25, 0.3) is 0 Å². The van der Waals surface area contributed by atoms with E-state index in [1.807, 2.05) is 37.0 Å². The smallest absolute Gasteiger partial charge is 0.160 e. The Morgan fingerprint density at radius 1 is 1.27 bits per heavy atom. The molecule has 0 N–H and O–H groups in total. The molecule has 0 amide bonds. The van der Waals surface area contributed by atoms with Crippen molar-refractivity contribution in [1.29, 1.82) is 0 Å². The zero-order valence-electron chi connectivity index (χ0n) is 14.9. The van der Waals surface area contributed by atoms with Gasteiger partial charge >= 0.3 is 0 Å². The second-order valence-electron chi connectivity index (χ2n) is 6.46. The first-order valence-corrected chi connectivity index (χ1v) is 10.8. The molecule has 3 heterocycles. The van der Waals surface area contributed by atoms with Gasteiger partial charge in [-0.2, -0.15) is 0 Å². The molecular formula is C20H22BrN3OS. The number of hydrogen-bond donors (Lipinski definition) is 0. The molecule has 0 aliphatic carbocycles. The maximum atomic E-state index is 5.69. The molecule has 4 rings (SSSR count). The van der Waals surface area contributed by atoms with Gasteiger partial charge in [-0.25, -0.2) is 0 Å². The van der Waals surface area contributed by atoms with Crippen molar-refractivity contribution in [2.24, 2.45) is 4.99 Å². The first-order chi connectivity index (χ1) is 12.7. The first-order valence-electron chi connectivity index (χ1n) is 9.05. The molecule has 1 saturated heterocycles. The highest BCUT2D eigenvalue weighted by atomic mass is 79.9. The number of aliphatic imine (C=N–C) groups is 1. The fourth-order valence-electron chi connectivity index (χ4n) is 3.68. The highest BCUT2D eigenvalue weighted by Crippen LogP contribution is 2.49. The molecule has 1 aromatic carbocycles. The van der Waals surface area contributed by atoms with Crippen molar-refractivity contribution >= 4 is 32.9 Å². The van der Waals surface area contributed by atoms with Crippen molar-refractivity contribution in [2.45, 2.75) is 38.4 Å². The molecule has 6 heteroatoms. The summed E-state index contributed by atoms with van der Waals surface area (Å²) in [5.41, 5.74) is 2.27. The Bertz CT molecular complexity index is 814. The number of rotatable bonds is 5. The van der Waals surface area contributed by atoms with Gasteiger partial charge in [0.1, 0.15) is 11.8 Å². The lowest BCUT2D eigenvalue weighted by Gasteiger charge is -2.32.